The standard InChI is InChI=1S/C13H23N3O3/c1-3-5-7-9-18-12-14-11(17)15-13(16-12)19-10-8-6-4-2/h3-10H2,1-2H3,(H,14,15,16,17). The fourth-order valence-electron chi connectivity index (χ4n) is 1.49. The highest BCUT2D eigenvalue weighted by atomic mass is 16.5. The fraction of sp³-hybridized carbons (Fsp3) is 0.769. The maximum Gasteiger partial charge on any atom is 0.325 e. The zero-order chi connectivity index (χ0) is 13.9. The molecular formula is C13H23N3O3. The van der Waals surface area contributed by atoms with Crippen LogP contribution in [0.2, 0.25) is 0 Å². The van der Waals surface area contributed by atoms with E-state index in [1.54, 1.807) is 0 Å². The molecule has 108 valence electrons. The molecule has 0 fully saturated rings. The van der Waals surface area contributed by atoms with Crippen LogP contribution in [0, 0.1) is 0 Å². The molecule has 1 rings (SSSR count). The highest BCUT2D eigenvalue weighted by Gasteiger charge is 2.07. The Kier molecular flexibility index (Phi) is 7.62. The third-order valence-corrected chi connectivity index (χ3v) is 2.54. The molecule has 0 aliphatic rings. The van der Waals surface area contributed by atoms with E-state index in [0.717, 1.165) is 38.5 Å². The molecule has 6 nitrogen and oxygen atoms in total. The van der Waals surface area contributed by atoms with Gasteiger partial charge in [0, 0.05) is 0 Å². The fourth-order valence-corrected chi connectivity index (χ4v) is 1.49. The van der Waals surface area contributed by atoms with Crippen molar-refractivity contribution in [2.24, 2.45) is 0 Å². The van der Waals surface area contributed by atoms with Crippen LogP contribution in [0.5, 0.6) is 18.0 Å². The monoisotopic (exact) mass is 269 g/mol. The van der Waals surface area contributed by atoms with Gasteiger partial charge in [-0.1, -0.05) is 39.5 Å². The molecule has 0 unspecified atom stereocenters. The number of ether oxygens (including phenoxy) is 2. The van der Waals surface area contributed by atoms with Crippen molar-refractivity contribution in [2.75, 3.05) is 13.2 Å². The minimum Gasteiger partial charge on any atom is -0.479 e. The third-order valence-electron chi connectivity index (χ3n) is 2.54. The molecule has 19 heavy (non-hydrogen) atoms. The molecule has 1 aromatic rings. The van der Waals surface area contributed by atoms with Gasteiger partial charge in [-0.25, -0.2) is 0 Å². The second kappa shape index (κ2) is 9.35. The molecular weight excluding hydrogens is 246 g/mol. The van der Waals surface area contributed by atoms with E-state index in [0.29, 0.717) is 13.2 Å². The second-order valence-electron chi connectivity index (χ2n) is 4.31. The van der Waals surface area contributed by atoms with Crippen LogP contribution in [-0.4, -0.2) is 33.3 Å². The topological polar surface area (TPSA) is 77.4 Å². The van der Waals surface area contributed by atoms with Gasteiger partial charge < -0.3 is 14.6 Å². The van der Waals surface area contributed by atoms with Crippen LogP contribution in [0.4, 0.5) is 0 Å². The van der Waals surface area contributed by atoms with Crippen molar-refractivity contribution >= 4 is 0 Å². The maximum atomic E-state index is 9.38. The maximum absolute atomic E-state index is 9.38. The van der Waals surface area contributed by atoms with Crippen molar-refractivity contribution in [3.63, 3.8) is 0 Å². The van der Waals surface area contributed by atoms with Crippen molar-refractivity contribution in [2.45, 2.75) is 52.4 Å². The molecule has 0 amide bonds. The van der Waals surface area contributed by atoms with E-state index < -0.39 is 0 Å². The van der Waals surface area contributed by atoms with Crippen LogP contribution < -0.4 is 9.47 Å². The third kappa shape index (κ3) is 6.79. The number of aromatic nitrogens is 3. The van der Waals surface area contributed by atoms with E-state index in [1.807, 2.05) is 0 Å². The molecule has 1 aromatic heterocycles. The Morgan fingerprint density at radius 1 is 0.789 bits per heavy atom. The minimum absolute atomic E-state index is 0.120. The van der Waals surface area contributed by atoms with Crippen LogP contribution >= 0.6 is 0 Å². The molecule has 0 bridgehead atoms. The highest BCUT2D eigenvalue weighted by molar-refractivity contribution is 5.07. The van der Waals surface area contributed by atoms with E-state index in [1.165, 1.54) is 0 Å². The first kappa shape index (κ1) is 15.5. The van der Waals surface area contributed by atoms with Crippen LogP contribution in [-0.2, 0) is 0 Å². The molecule has 0 atom stereocenters. The predicted octanol–water partition coefficient (Wildman–Crippen LogP) is 2.72. The lowest BCUT2D eigenvalue weighted by Crippen LogP contribution is -2.06. The van der Waals surface area contributed by atoms with E-state index in [-0.39, 0.29) is 18.0 Å². The van der Waals surface area contributed by atoms with Crippen LogP contribution in [0.1, 0.15) is 52.4 Å². The number of aromatic hydroxyl groups is 1. The summed E-state index contributed by atoms with van der Waals surface area (Å²) in [5.74, 6) is 0. The number of unbranched alkanes of at least 4 members (excludes halogenated alkanes) is 4. The first-order chi connectivity index (χ1) is 9.26. The van der Waals surface area contributed by atoms with Gasteiger partial charge in [-0.05, 0) is 12.8 Å². The molecule has 0 radical (unpaired) electrons. The molecule has 1 heterocycles. The van der Waals surface area contributed by atoms with Gasteiger partial charge in [0.2, 0.25) is 0 Å². The summed E-state index contributed by atoms with van der Waals surface area (Å²) in [5, 5.41) is 9.38. The van der Waals surface area contributed by atoms with Crippen molar-refractivity contribution < 1.29 is 14.6 Å². The molecule has 0 saturated carbocycles. The average molecular weight is 269 g/mol. The highest BCUT2D eigenvalue weighted by Crippen LogP contribution is 2.14. The van der Waals surface area contributed by atoms with Crippen LogP contribution in [0.3, 0.4) is 0 Å². The Morgan fingerprint density at radius 2 is 1.26 bits per heavy atom. The number of nitrogens with zero attached hydrogens (tertiary/aromatic N) is 3. The average Bonchev–Trinajstić information content (AvgIpc) is 2.39. The summed E-state index contributed by atoms with van der Waals surface area (Å²) in [5.41, 5.74) is 0. The van der Waals surface area contributed by atoms with E-state index in [2.05, 4.69) is 28.8 Å². The lowest BCUT2D eigenvalue weighted by Gasteiger charge is -2.07. The van der Waals surface area contributed by atoms with Crippen LogP contribution in [0.15, 0.2) is 0 Å². The zero-order valence-electron chi connectivity index (χ0n) is 11.8. The number of hydrogen-bond acceptors (Lipinski definition) is 6. The normalized spacial score (nSPS) is 10.4. The summed E-state index contributed by atoms with van der Waals surface area (Å²) >= 11 is 0. The Balaban J connectivity index is 2.41. The predicted molar refractivity (Wildman–Crippen MR) is 71.5 cm³/mol. The van der Waals surface area contributed by atoms with E-state index in [4.69, 9.17) is 9.47 Å². The van der Waals surface area contributed by atoms with Gasteiger partial charge in [0.1, 0.15) is 0 Å². The van der Waals surface area contributed by atoms with E-state index >= 15 is 0 Å². The first-order valence-corrected chi connectivity index (χ1v) is 6.97. The summed E-state index contributed by atoms with van der Waals surface area (Å²) < 4.78 is 10.7. The Hall–Kier alpha value is -1.59. The summed E-state index contributed by atoms with van der Waals surface area (Å²) in [6, 6.07) is -0.130. The van der Waals surface area contributed by atoms with E-state index in [9.17, 15) is 5.11 Å². The number of rotatable bonds is 10. The zero-order valence-corrected chi connectivity index (χ0v) is 11.8. The molecule has 0 aliphatic carbocycles. The summed E-state index contributed by atoms with van der Waals surface area (Å²) in [7, 11) is 0. The molecule has 1 N–H and O–H groups in total. The summed E-state index contributed by atoms with van der Waals surface area (Å²) in [6.45, 7) is 5.31. The van der Waals surface area contributed by atoms with Gasteiger partial charge in [0.15, 0.2) is 0 Å². The van der Waals surface area contributed by atoms with Crippen molar-refractivity contribution in [3.05, 3.63) is 0 Å². The van der Waals surface area contributed by atoms with Gasteiger partial charge in [0.05, 0.1) is 13.2 Å². The molecule has 0 aliphatic heterocycles. The van der Waals surface area contributed by atoms with Crippen molar-refractivity contribution in [1.29, 1.82) is 0 Å². The molecule has 0 saturated heterocycles. The minimum atomic E-state index is -0.369. The summed E-state index contributed by atoms with van der Waals surface area (Å²) in [6.07, 6.45) is 6.31. The van der Waals surface area contributed by atoms with Gasteiger partial charge in [-0.15, -0.1) is 15.0 Å². The number of hydrogen-bond donors (Lipinski definition) is 1. The van der Waals surface area contributed by atoms with Crippen molar-refractivity contribution in [3.8, 4) is 18.0 Å². The first-order valence-electron chi connectivity index (χ1n) is 6.97. The Bertz CT molecular complexity index is 331. The van der Waals surface area contributed by atoms with Crippen LogP contribution in [0.25, 0.3) is 0 Å². The lowest BCUT2D eigenvalue weighted by molar-refractivity contribution is 0.244. The lowest BCUT2D eigenvalue weighted by atomic mass is 10.3. The van der Waals surface area contributed by atoms with Gasteiger partial charge in [-0.2, -0.15) is 0 Å². The largest absolute Gasteiger partial charge is 0.479 e. The smallest absolute Gasteiger partial charge is 0.325 e. The van der Waals surface area contributed by atoms with Gasteiger partial charge in [0.25, 0.3) is 0 Å². The quantitative estimate of drug-likeness (QED) is 0.658. The van der Waals surface area contributed by atoms with Gasteiger partial charge in [-0.3, -0.25) is 0 Å². The molecule has 0 aromatic carbocycles. The SMILES string of the molecule is CCCCCOc1nc(O)nc(OCCCCC)n1. The van der Waals surface area contributed by atoms with Crippen molar-refractivity contribution in [1.82, 2.24) is 15.0 Å². The second-order valence-corrected chi connectivity index (χ2v) is 4.31. The summed E-state index contributed by atoms with van der Waals surface area (Å²) in [4.78, 5) is 11.4. The molecule has 0 spiro atoms. The Labute approximate surface area is 114 Å². The van der Waals surface area contributed by atoms with Gasteiger partial charge >= 0.3 is 18.0 Å². The molecule has 6 heteroatoms. The Morgan fingerprint density at radius 3 is 1.68 bits per heavy atom.